The Morgan fingerprint density at radius 2 is 1.67 bits per heavy atom. The zero-order valence-electron chi connectivity index (χ0n) is 13.5. The summed E-state index contributed by atoms with van der Waals surface area (Å²) in [7, 11) is -0.214. The van der Waals surface area contributed by atoms with Crippen molar-refractivity contribution in [3.8, 4) is 0 Å². The van der Waals surface area contributed by atoms with Gasteiger partial charge in [-0.15, -0.1) is 0 Å². The Labute approximate surface area is 129 Å². The largest absolute Gasteiger partial charge is 0.508 e. The Morgan fingerprint density at radius 3 is 2.14 bits per heavy atom. The molecule has 1 aromatic carbocycles. The van der Waals surface area contributed by atoms with Crippen LogP contribution in [0.15, 0.2) is 36.4 Å². The molecular weight excluding hydrogens is 280 g/mol. The van der Waals surface area contributed by atoms with Gasteiger partial charge in [-0.25, -0.2) is 4.79 Å². The Hall–Kier alpha value is -1.55. The standard InChI is InChI=1S/C17H26O3Si/c1-5-21(6-2,7-3)16(13-14-20-17(18)19-4)15-11-9-8-10-12-15/h8-13H,5-7,14H2,1-4H3/b16-13+. The average Bonchev–Trinajstić information content (AvgIpc) is 2.55. The highest BCUT2D eigenvalue weighted by Crippen LogP contribution is 2.35. The Bertz CT molecular complexity index is 456. The number of rotatable bonds is 7. The van der Waals surface area contributed by atoms with Crippen molar-refractivity contribution in [3.63, 3.8) is 0 Å². The third-order valence-corrected chi connectivity index (χ3v) is 10.0. The predicted octanol–water partition coefficient (Wildman–Crippen LogP) is 4.90. The number of hydrogen-bond acceptors (Lipinski definition) is 3. The fourth-order valence-electron chi connectivity index (χ4n) is 2.83. The van der Waals surface area contributed by atoms with Crippen LogP contribution in [0.4, 0.5) is 4.79 Å². The lowest BCUT2D eigenvalue weighted by Crippen LogP contribution is -2.34. The second-order valence-electron chi connectivity index (χ2n) is 5.09. The second kappa shape index (κ2) is 8.67. The fourth-order valence-corrected chi connectivity index (χ4v) is 6.77. The molecule has 3 nitrogen and oxygen atoms in total. The molecule has 0 bridgehead atoms. The summed E-state index contributed by atoms with van der Waals surface area (Å²) in [5.74, 6) is 0. The van der Waals surface area contributed by atoms with Crippen molar-refractivity contribution < 1.29 is 14.3 Å². The van der Waals surface area contributed by atoms with E-state index in [-0.39, 0.29) is 6.61 Å². The van der Waals surface area contributed by atoms with E-state index in [0.29, 0.717) is 0 Å². The van der Waals surface area contributed by atoms with Gasteiger partial charge >= 0.3 is 6.16 Å². The fraction of sp³-hybridized carbons (Fsp3) is 0.471. The number of benzene rings is 1. The Balaban J connectivity index is 3.11. The lowest BCUT2D eigenvalue weighted by Gasteiger charge is -2.32. The Kier molecular flexibility index (Phi) is 7.23. The molecule has 0 unspecified atom stereocenters. The molecule has 116 valence electrons. The first kappa shape index (κ1) is 17.5. The van der Waals surface area contributed by atoms with Crippen LogP contribution in [0.2, 0.25) is 18.1 Å². The van der Waals surface area contributed by atoms with Crippen LogP contribution in [0.25, 0.3) is 5.20 Å². The van der Waals surface area contributed by atoms with Crippen molar-refractivity contribution >= 4 is 19.4 Å². The average molecular weight is 306 g/mol. The number of carbonyl (C=O) groups is 1. The van der Waals surface area contributed by atoms with E-state index in [1.165, 1.54) is 36.0 Å². The lowest BCUT2D eigenvalue weighted by molar-refractivity contribution is 0.0819. The highest BCUT2D eigenvalue weighted by molar-refractivity contribution is 6.96. The van der Waals surface area contributed by atoms with E-state index >= 15 is 0 Å². The van der Waals surface area contributed by atoms with Crippen molar-refractivity contribution in [3.05, 3.63) is 42.0 Å². The molecule has 0 aromatic heterocycles. The van der Waals surface area contributed by atoms with Gasteiger partial charge in [0.25, 0.3) is 0 Å². The van der Waals surface area contributed by atoms with E-state index in [1.54, 1.807) is 0 Å². The first-order chi connectivity index (χ1) is 10.1. The smallest absolute Gasteiger partial charge is 0.438 e. The van der Waals surface area contributed by atoms with E-state index in [9.17, 15) is 4.79 Å². The minimum absolute atomic E-state index is 0.269. The zero-order chi connectivity index (χ0) is 15.7. The van der Waals surface area contributed by atoms with Crippen LogP contribution >= 0.6 is 0 Å². The topological polar surface area (TPSA) is 35.5 Å². The van der Waals surface area contributed by atoms with Gasteiger partial charge in [-0.2, -0.15) is 0 Å². The van der Waals surface area contributed by atoms with E-state index in [4.69, 9.17) is 4.74 Å². The maximum Gasteiger partial charge on any atom is 0.508 e. The molecule has 0 heterocycles. The van der Waals surface area contributed by atoms with Crippen LogP contribution in [-0.4, -0.2) is 27.9 Å². The monoisotopic (exact) mass is 306 g/mol. The third-order valence-electron chi connectivity index (χ3n) is 4.34. The quantitative estimate of drug-likeness (QED) is 0.531. The van der Waals surface area contributed by atoms with E-state index in [0.717, 1.165) is 0 Å². The molecule has 1 rings (SSSR count). The van der Waals surface area contributed by atoms with Crippen LogP contribution in [0.3, 0.4) is 0 Å². The molecule has 0 atom stereocenters. The normalized spacial score (nSPS) is 12.1. The molecule has 0 fully saturated rings. The first-order valence-electron chi connectivity index (χ1n) is 7.60. The second-order valence-corrected chi connectivity index (χ2v) is 10.3. The molecule has 0 aliphatic heterocycles. The van der Waals surface area contributed by atoms with Crippen molar-refractivity contribution in [1.29, 1.82) is 0 Å². The van der Waals surface area contributed by atoms with Crippen molar-refractivity contribution in [2.24, 2.45) is 0 Å². The summed E-state index contributed by atoms with van der Waals surface area (Å²) in [5, 5.41) is 1.39. The molecule has 0 N–H and O–H groups in total. The minimum atomic E-state index is -1.54. The van der Waals surface area contributed by atoms with Gasteiger partial charge in [-0.3, -0.25) is 0 Å². The van der Waals surface area contributed by atoms with Gasteiger partial charge in [0, 0.05) is 0 Å². The minimum Gasteiger partial charge on any atom is -0.438 e. The van der Waals surface area contributed by atoms with Crippen LogP contribution in [0, 0.1) is 0 Å². The van der Waals surface area contributed by atoms with Crippen LogP contribution in [0.1, 0.15) is 26.3 Å². The van der Waals surface area contributed by atoms with Crippen LogP contribution < -0.4 is 0 Å². The molecule has 21 heavy (non-hydrogen) atoms. The summed E-state index contributed by atoms with van der Waals surface area (Å²) in [6.07, 6.45) is 1.45. The Morgan fingerprint density at radius 1 is 1.10 bits per heavy atom. The van der Waals surface area contributed by atoms with Gasteiger partial charge in [0.15, 0.2) is 0 Å². The SMILES string of the molecule is CC[Si](CC)(CC)/C(=C/COC(=O)OC)c1ccccc1. The van der Waals surface area contributed by atoms with Gasteiger partial charge < -0.3 is 9.47 Å². The van der Waals surface area contributed by atoms with Crippen molar-refractivity contribution in [2.75, 3.05) is 13.7 Å². The molecule has 0 aliphatic carbocycles. The molecule has 0 saturated heterocycles. The maximum absolute atomic E-state index is 11.1. The molecule has 0 radical (unpaired) electrons. The van der Waals surface area contributed by atoms with Gasteiger partial charge in [-0.1, -0.05) is 74.4 Å². The summed E-state index contributed by atoms with van der Waals surface area (Å²) in [5.41, 5.74) is 1.25. The molecule has 0 saturated carbocycles. The summed E-state index contributed by atoms with van der Waals surface area (Å²) < 4.78 is 9.58. The van der Waals surface area contributed by atoms with Gasteiger partial charge in [0.05, 0.1) is 15.2 Å². The predicted molar refractivity (Wildman–Crippen MR) is 90.0 cm³/mol. The van der Waals surface area contributed by atoms with E-state index < -0.39 is 14.2 Å². The van der Waals surface area contributed by atoms with Crippen LogP contribution in [-0.2, 0) is 9.47 Å². The number of hydrogen-bond donors (Lipinski definition) is 0. The van der Waals surface area contributed by atoms with E-state index in [2.05, 4.69) is 55.8 Å². The maximum atomic E-state index is 11.1. The van der Waals surface area contributed by atoms with Crippen molar-refractivity contribution in [1.82, 2.24) is 0 Å². The lowest BCUT2D eigenvalue weighted by atomic mass is 10.2. The summed E-state index contributed by atoms with van der Waals surface area (Å²) >= 11 is 0. The third kappa shape index (κ3) is 4.46. The summed E-state index contributed by atoms with van der Waals surface area (Å²) in [4.78, 5) is 11.1. The number of methoxy groups -OCH3 is 1. The molecule has 0 spiro atoms. The molecule has 1 aromatic rings. The highest BCUT2D eigenvalue weighted by atomic mass is 28.3. The zero-order valence-corrected chi connectivity index (χ0v) is 14.5. The first-order valence-corrected chi connectivity index (χ1v) is 10.2. The van der Waals surface area contributed by atoms with Gasteiger partial charge in [0.2, 0.25) is 0 Å². The van der Waals surface area contributed by atoms with Gasteiger partial charge in [0.1, 0.15) is 6.61 Å². The number of ether oxygens (including phenoxy) is 2. The van der Waals surface area contributed by atoms with E-state index in [1.807, 2.05) is 6.07 Å². The number of carbonyl (C=O) groups excluding carboxylic acids is 1. The summed E-state index contributed by atoms with van der Waals surface area (Å²) in [6.45, 7) is 7.09. The molecule has 0 aliphatic rings. The molecule has 4 heteroatoms. The van der Waals surface area contributed by atoms with Crippen molar-refractivity contribution in [2.45, 2.75) is 38.9 Å². The highest BCUT2D eigenvalue weighted by Gasteiger charge is 2.32. The van der Waals surface area contributed by atoms with Gasteiger partial charge in [-0.05, 0) is 11.6 Å². The summed E-state index contributed by atoms with van der Waals surface area (Å²) in [6, 6.07) is 14.0. The van der Waals surface area contributed by atoms with Crippen LogP contribution in [0.5, 0.6) is 0 Å². The molecule has 0 amide bonds. The molecular formula is C17H26O3Si.